The van der Waals surface area contributed by atoms with Crippen molar-refractivity contribution < 1.29 is 19.1 Å². The fourth-order valence-electron chi connectivity index (χ4n) is 2.15. The lowest BCUT2D eigenvalue weighted by Crippen LogP contribution is -2.43. The Morgan fingerprint density at radius 2 is 1.46 bits per heavy atom. The molecule has 2 aliphatic rings. The normalized spacial score (nSPS) is 41.4. The standard InChI is InChI=1S/C8H11BO4/c1-3-7-8(4-2,9-7)13-6(11)5(10)12-7/h9H,3-4H2,1-2H3. The summed E-state index contributed by atoms with van der Waals surface area (Å²) in [5, 5.41) is 0. The lowest BCUT2D eigenvalue weighted by molar-refractivity contribution is -0.195. The number of esters is 2. The Kier molecular flexibility index (Phi) is 1.50. The van der Waals surface area contributed by atoms with Gasteiger partial charge in [0.15, 0.2) is 0 Å². The van der Waals surface area contributed by atoms with Crippen LogP contribution in [0.1, 0.15) is 26.7 Å². The summed E-state index contributed by atoms with van der Waals surface area (Å²) in [5.74, 6) is -1.69. The summed E-state index contributed by atoms with van der Waals surface area (Å²) < 4.78 is 10.2. The highest BCUT2D eigenvalue weighted by atomic mass is 16.7. The van der Waals surface area contributed by atoms with Crippen molar-refractivity contribution in [2.75, 3.05) is 0 Å². The maximum Gasteiger partial charge on any atom is 0.417 e. The van der Waals surface area contributed by atoms with Crippen molar-refractivity contribution in [3.63, 3.8) is 0 Å². The van der Waals surface area contributed by atoms with Gasteiger partial charge in [-0.2, -0.15) is 0 Å². The maximum atomic E-state index is 11.0. The van der Waals surface area contributed by atoms with E-state index in [4.69, 9.17) is 9.47 Å². The molecule has 2 rings (SSSR count). The molecule has 2 saturated heterocycles. The van der Waals surface area contributed by atoms with Gasteiger partial charge in [0.1, 0.15) is 11.0 Å². The van der Waals surface area contributed by atoms with E-state index in [1.165, 1.54) is 0 Å². The van der Waals surface area contributed by atoms with E-state index in [0.29, 0.717) is 20.1 Å². The average Bonchev–Trinajstić information content (AvgIpc) is 2.75. The lowest BCUT2D eigenvalue weighted by Gasteiger charge is -2.29. The van der Waals surface area contributed by atoms with Gasteiger partial charge in [0, 0.05) is 0 Å². The van der Waals surface area contributed by atoms with Crippen LogP contribution in [0.15, 0.2) is 0 Å². The zero-order chi connectivity index (χ0) is 9.69. The molecule has 2 atom stereocenters. The van der Waals surface area contributed by atoms with Crippen LogP contribution >= 0.6 is 0 Å². The predicted molar refractivity (Wildman–Crippen MR) is 45.4 cm³/mol. The van der Waals surface area contributed by atoms with Gasteiger partial charge < -0.3 is 9.47 Å². The first-order chi connectivity index (χ1) is 6.09. The number of ether oxygens (including phenoxy) is 2. The molecule has 0 aromatic carbocycles. The van der Waals surface area contributed by atoms with E-state index in [2.05, 4.69) is 0 Å². The van der Waals surface area contributed by atoms with E-state index in [9.17, 15) is 9.59 Å². The van der Waals surface area contributed by atoms with E-state index in [1.54, 1.807) is 0 Å². The molecule has 2 unspecified atom stereocenters. The summed E-state index contributed by atoms with van der Waals surface area (Å²) in [6.45, 7) is 3.87. The van der Waals surface area contributed by atoms with Gasteiger partial charge in [-0.25, -0.2) is 9.59 Å². The van der Waals surface area contributed by atoms with Crippen LogP contribution in [0.5, 0.6) is 0 Å². The largest absolute Gasteiger partial charge is 0.457 e. The zero-order valence-corrected chi connectivity index (χ0v) is 7.75. The molecular formula is C8H11BO4. The molecule has 0 amide bonds. The number of hydrogen-bond donors (Lipinski definition) is 0. The van der Waals surface area contributed by atoms with Crippen molar-refractivity contribution >= 4 is 19.2 Å². The molecule has 0 saturated carbocycles. The minimum absolute atomic E-state index is 0.507. The number of carbonyl (C=O) groups is 2. The zero-order valence-electron chi connectivity index (χ0n) is 7.75. The summed E-state index contributed by atoms with van der Waals surface area (Å²) in [7, 11) is 0.657. The van der Waals surface area contributed by atoms with E-state index in [-0.39, 0.29) is 0 Å². The molecule has 2 fully saturated rings. The van der Waals surface area contributed by atoms with Gasteiger partial charge in [-0.05, 0) is 12.8 Å². The van der Waals surface area contributed by atoms with Crippen molar-refractivity contribution in [2.45, 2.75) is 37.7 Å². The highest BCUT2D eigenvalue weighted by molar-refractivity contribution is 6.61. The predicted octanol–water partition coefficient (Wildman–Crippen LogP) is -0.251. The summed E-state index contributed by atoms with van der Waals surface area (Å²) in [4.78, 5) is 21.9. The third kappa shape index (κ3) is 0.871. The molecule has 4 nitrogen and oxygen atoms in total. The van der Waals surface area contributed by atoms with Crippen molar-refractivity contribution in [3.05, 3.63) is 0 Å². The second-order valence-electron chi connectivity index (χ2n) is 3.65. The highest BCUT2D eigenvalue weighted by Crippen LogP contribution is 2.52. The second kappa shape index (κ2) is 2.27. The van der Waals surface area contributed by atoms with Crippen molar-refractivity contribution in [2.24, 2.45) is 0 Å². The van der Waals surface area contributed by atoms with Crippen molar-refractivity contribution in [3.8, 4) is 0 Å². The minimum atomic E-state index is -0.844. The number of hydrogen-bond acceptors (Lipinski definition) is 4. The van der Waals surface area contributed by atoms with Gasteiger partial charge in [-0.1, -0.05) is 13.8 Å². The fourth-order valence-corrected chi connectivity index (χ4v) is 2.15. The molecule has 0 N–H and O–H groups in total. The van der Waals surface area contributed by atoms with E-state index in [1.807, 2.05) is 13.8 Å². The first kappa shape index (κ1) is 8.60. The van der Waals surface area contributed by atoms with Gasteiger partial charge in [0.2, 0.25) is 7.28 Å². The Morgan fingerprint density at radius 3 is 1.77 bits per heavy atom. The van der Waals surface area contributed by atoms with Crippen molar-refractivity contribution in [1.82, 2.24) is 0 Å². The second-order valence-corrected chi connectivity index (χ2v) is 3.65. The Labute approximate surface area is 76.8 Å². The highest BCUT2D eigenvalue weighted by Gasteiger charge is 2.76. The van der Waals surface area contributed by atoms with Crippen LogP contribution in [0, 0.1) is 0 Å². The van der Waals surface area contributed by atoms with E-state index >= 15 is 0 Å². The first-order valence-electron chi connectivity index (χ1n) is 4.55. The maximum absolute atomic E-state index is 11.0. The Morgan fingerprint density at radius 1 is 1.08 bits per heavy atom. The van der Waals surface area contributed by atoms with Gasteiger partial charge >= 0.3 is 11.9 Å². The Bertz CT molecular complexity index is 262. The Balaban J connectivity index is 2.26. The molecule has 0 aromatic rings. The van der Waals surface area contributed by atoms with Crippen LogP contribution < -0.4 is 0 Å². The third-order valence-corrected chi connectivity index (χ3v) is 3.16. The smallest absolute Gasteiger partial charge is 0.417 e. The summed E-state index contributed by atoms with van der Waals surface area (Å²) in [6, 6.07) is 0. The van der Waals surface area contributed by atoms with E-state index < -0.39 is 22.9 Å². The van der Waals surface area contributed by atoms with Crippen LogP contribution in [0.2, 0.25) is 0 Å². The van der Waals surface area contributed by atoms with Crippen LogP contribution in [-0.2, 0) is 19.1 Å². The van der Waals surface area contributed by atoms with Crippen molar-refractivity contribution in [1.29, 1.82) is 0 Å². The van der Waals surface area contributed by atoms with Crippen LogP contribution in [0.25, 0.3) is 0 Å². The summed E-state index contributed by atoms with van der Waals surface area (Å²) in [5.41, 5.74) is -1.01. The summed E-state index contributed by atoms with van der Waals surface area (Å²) in [6.07, 6.45) is 1.42. The third-order valence-electron chi connectivity index (χ3n) is 3.16. The van der Waals surface area contributed by atoms with Gasteiger partial charge in [-0.3, -0.25) is 0 Å². The molecule has 5 heteroatoms. The number of rotatable bonds is 2. The first-order valence-corrected chi connectivity index (χ1v) is 4.55. The molecular weight excluding hydrogens is 171 g/mol. The van der Waals surface area contributed by atoms with Crippen LogP contribution in [0.4, 0.5) is 0 Å². The van der Waals surface area contributed by atoms with Gasteiger partial charge in [-0.15, -0.1) is 0 Å². The molecule has 70 valence electrons. The molecule has 2 heterocycles. The molecule has 2 aliphatic heterocycles. The quantitative estimate of drug-likeness (QED) is 0.335. The van der Waals surface area contributed by atoms with Crippen LogP contribution in [-0.4, -0.2) is 30.2 Å². The van der Waals surface area contributed by atoms with E-state index in [0.717, 1.165) is 0 Å². The average molecular weight is 182 g/mol. The molecule has 0 aromatic heterocycles. The Hall–Kier alpha value is -0.995. The number of carbonyl (C=O) groups excluding carboxylic acids is 2. The van der Waals surface area contributed by atoms with Gasteiger partial charge in [0.25, 0.3) is 0 Å². The molecule has 0 bridgehead atoms. The fraction of sp³-hybridized carbons (Fsp3) is 0.750. The molecule has 13 heavy (non-hydrogen) atoms. The molecule has 0 radical (unpaired) electrons. The molecule has 0 spiro atoms. The SMILES string of the molecule is CCC12BC1(CC)OC(=O)C(=O)O2. The monoisotopic (exact) mass is 182 g/mol. The lowest BCUT2D eigenvalue weighted by atomic mass is 9.93. The molecule has 0 aliphatic carbocycles. The minimum Gasteiger partial charge on any atom is -0.457 e. The number of fused-ring (bicyclic) bond motifs is 1. The van der Waals surface area contributed by atoms with Gasteiger partial charge in [0.05, 0.1) is 0 Å². The van der Waals surface area contributed by atoms with Crippen LogP contribution in [0.3, 0.4) is 0 Å². The topological polar surface area (TPSA) is 52.6 Å². The summed E-state index contributed by atoms with van der Waals surface area (Å²) >= 11 is 0.